The van der Waals surface area contributed by atoms with Crippen molar-refractivity contribution in [2.45, 2.75) is 51.9 Å². The van der Waals surface area contributed by atoms with Crippen molar-refractivity contribution < 1.29 is 14.3 Å². The molecule has 2 rings (SSSR count). The van der Waals surface area contributed by atoms with Crippen molar-refractivity contribution in [1.82, 2.24) is 0 Å². The SMILES string of the molecule is CCCCCCCCC(=O)Nc1scc(-c2ccc(Br)cc2)c1C(=O)OC. The Morgan fingerprint density at radius 2 is 1.74 bits per heavy atom. The highest BCUT2D eigenvalue weighted by molar-refractivity contribution is 9.10. The number of nitrogens with one attached hydrogen (secondary N) is 1. The van der Waals surface area contributed by atoms with Gasteiger partial charge in [0.1, 0.15) is 10.6 Å². The van der Waals surface area contributed by atoms with E-state index in [1.54, 1.807) is 0 Å². The van der Waals surface area contributed by atoms with E-state index in [4.69, 9.17) is 4.74 Å². The normalized spacial score (nSPS) is 10.6. The van der Waals surface area contributed by atoms with Gasteiger partial charge >= 0.3 is 5.97 Å². The van der Waals surface area contributed by atoms with E-state index in [0.717, 1.165) is 28.4 Å². The number of amides is 1. The van der Waals surface area contributed by atoms with Gasteiger partial charge in [0.25, 0.3) is 0 Å². The molecule has 0 saturated heterocycles. The Hall–Kier alpha value is -1.66. The molecule has 1 aromatic heterocycles. The molecule has 1 heterocycles. The standard InChI is InChI=1S/C21H26BrNO3S/c1-3-4-5-6-7-8-9-18(24)23-20-19(21(25)26-2)17(14-27-20)15-10-12-16(22)13-11-15/h10-14H,3-9H2,1-2H3,(H,23,24). The minimum atomic E-state index is -0.441. The van der Waals surface area contributed by atoms with Crippen molar-refractivity contribution in [2.24, 2.45) is 0 Å². The molecule has 0 radical (unpaired) electrons. The Morgan fingerprint density at radius 3 is 2.41 bits per heavy atom. The number of benzene rings is 1. The van der Waals surface area contributed by atoms with E-state index in [2.05, 4.69) is 28.2 Å². The lowest BCUT2D eigenvalue weighted by atomic mass is 10.0. The molecule has 27 heavy (non-hydrogen) atoms. The van der Waals surface area contributed by atoms with Crippen LogP contribution in [0.2, 0.25) is 0 Å². The van der Waals surface area contributed by atoms with Crippen LogP contribution in [0, 0.1) is 0 Å². The zero-order chi connectivity index (χ0) is 19.6. The van der Waals surface area contributed by atoms with Gasteiger partial charge in [-0.1, -0.05) is 67.1 Å². The van der Waals surface area contributed by atoms with Crippen molar-refractivity contribution >= 4 is 44.1 Å². The van der Waals surface area contributed by atoms with Crippen molar-refractivity contribution in [3.05, 3.63) is 39.7 Å². The fraction of sp³-hybridized carbons (Fsp3) is 0.429. The van der Waals surface area contributed by atoms with Gasteiger partial charge in [0.05, 0.1) is 7.11 Å². The quantitative estimate of drug-likeness (QED) is 0.324. The van der Waals surface area contributed by atoms with E-state index in [1.165, 1.54) is 44.1 Å². The van der Waals surface area contributed by atoms with Crippen LogP contribution in [0.15, 0.2) is 34.1 Å². The summed E-state index contributed by atoms with van der Waals surface area (Å²) in [5, 5.41) is 5.34. The van der Waals surface area contributed by atoms with Gasteiger partial charge in [-0.3, -0.25) is 4.79 Å². The first-order chi connectivity index (χ1) is 13.1. The fourth-order valence-electron chi connectivity index (χ4n) is 2.85. The highest BCUT2D eigenvalue weighted by Gasteiger charge is 2.22. The molecule has 0 spiro atoms. The van der Waals surface area contributed by atoms with E-state index in [9.17, 15) is 9.59 Å². The number of carbonyl (C=O) groups is 2. The molecule has 0 aliphatic rings. The van der Waals surface area contributed by atoms with Crippen molar-refractivity contribution in [2.75, 3.05) is 12.4 Å². The van der Waals surface area contributed by atoms with Gasteiger partial charge in [0, 0.05) is 21.8 Å². The smallest absolute Gasteiger partial charge is 0.341 e. The third-order valence-corrected chi connectivity index (χ3v) is 5.77. The van der Waals surface area contributed by atoms with Crippen LogP contribution >= 0.6 is 27.3 Å². The van der Waals surface area contributed by atoms with Crippen LogP contribution in [0.5, 0.6) is 0 Å². The fourth-order valence-corrected chi connectivity index (χ4v) is 4.09. The maximum Gasteiger partial charge on any atom is 0.341 e. The number of anilines is 1. The van der Waals surface area contributed by atoms with Gasteiger partial charge < -0.3 is 10.1 Å². The molecular formula is C21H26BrNO3S. The summed E-state index contributed by atoms with van der Waals surface area (Å²) in [6, 6.07) is 7.71. The molecule has 1 amide bonds. The maximum absolute atomic E-state index is 12.3. The number of hydrogen-bond acceptors (Lipinski definition) is 4. The Balaban J connectivity index is 2.05. The van der Waals surface area contributed by atoms with E-state index < -0.39 is 5.97 Å². The zero-order valence-electron chi connectivity index (χ0n) is 15.8. The van der Waals surface area contributed by atoms with E-state index in [-0.39, 0.29) is 5.91 Å². The van der Waals surface area contributed by atoms with Gasteiger partial charge in [0.2, 0.25) is 5.91 Å². The Labute approximate surface area is 173 Å². The van der Waals surface area contributed by atoms with Crippen LogP contribution in [0.4, 0.5) is 5.00 Å². The highest BCUT2D eigenvalue weighted by atomic mass is 79.9. The number of carbonyl (C=O) groups excluding carboxylic acids is 2. The number of halogens is 1. The van der Waals surface area contributed by atoms with Crippen molar-refractivity contribution in [3.8, 4) is 11.1 Å². The third kappa shape index (κ3) is 6.47. The number of esters is 1. The van der Waals surface area contributed by atoms with E-state index in [1.807, 2.05) is 29.6 Å². The van der Waals surface area contributed by atoms with Crippen molar-refractivity contribution in [1.29, 1.82) is 0 Å². The summed E-state index contributed by atoms with van der Waals surface area (Å²) in [7, 11) is 1.35. The Bertz CT molecular complexity index is 755. The van der Waals surface area contributed by atoms with Gasteiger partial charge in [0.15, 0.2) is 0 Å². The molecule has 6 heteroatoms. The van der Waals surface area contributed by atoms with Crippen LogP contribution in [0.3, 0.4) is 0 Å². The summed E-state index contributed by atoms with van der Waals surface area (Å²) < 4.78 is 5.91. The molecule has 0 bridgehead atoms. The number of thiophene rings is 1. The molecule has 0 aliphatic carbocycles. The first-order valence-electron chi connectivity index (χ1n) is 9.32. The third-order valence-electron chi connectivity index (χ3n) is 4.35. The predicted octanol–water partition coefficient (Wildman–Crippen LogP) is 6.65. The topological polar surface area (TPSA) is 55.4 Å². The largest absolute Gasteiger partial charge is 0.465 e. The number of ether oxygens (including phenoxy) is 1. The number of rotatable bonds is 10. The molecule has 0 atom stereocenters. The second-order valence-electron chi connectivity index (χ2n) is 6.42. The summed E-state index contributed by atoms with van der Waals surface area (Å²) in [6.45, 7) is 2.19. The van der Waals surface area contributed by atoms with E-state index >= 15 is 0 Å². The summed E-state index contributed by atoms with van der Waals surface area (Å²) in [5.41, 5.74) is 2.10. The lowest BCUT2D eigenvalue weighted by Crippen LogP contribution is -2.13. The van der Waals surface area contributed by atoms with E-state index in [0.29, 0.717) is 17.0 Å². The number of methoxy groups -OCH3 is 1. The number of hydrogen-bond donors (Lipinski definition) is 1. The molecule has 1 N–H and O–H groups in total. The van der Waals surface area contributed by atoms with Crippen LogP contribution in [0.25, 0.3) is 11.1 Å². The van der Waals surface area contributed by atoms with Crippen LogP contribution in [-0.2, 0) is 9.53 Å². The Kier molecular flexibility index (Phi) is 9.01. The summed E-state index contributed by atoms with van der Waals surface area (Å²) in [6.07, 6.45) is 7.27. The lowest BCUT2D eigenvalue weighted by Gasteiger charge is -2.08. The second kappa shape index (κ2) is 11.2. The highest BCUT2D eigenvalue weighted by Crippen LogP contribution is 2.36. The van der Waals surface area contributed by atoms with Crippen LogP contribution < -0.4 is 5.32 Å². The summed E-state index contributed by atoms with van der Waals surface area (Å²) in [5.74, 6) is -0.496. The molecule has 4 nitrogen and oxygen atoms in total. The maximum atomic E-state index is 12.3. The lowest BCUT2D eigenvalue weighted by molar-refractivity contribution is -0.116. The average Bonchev–Trinajstić information content (AvgIpc) is 3.08. The van der Waals surface area contributed by atoms with Gasteiger partial charge in [-0.15, -0.1) is 11.3 Å². The molecular weight excluding hydrogens is 426 g/mol. The Morgan fingerprint density at radius 1 is 1.07 bits per heavy atom. The molecule has 0 unspecified atom stereocenters. The number of unbranched alkanes of at least 4 members (excludes halogenated alkanes) is 5. The second-order valence-corrected chi connectivity index (χ2v) is 8.21. The zero-order valence-corrected chi connectivity index (χ0v) is 18.2. The minimum Gasteiger partial charge on any atom is -0.465 e. The van der Waals surface area contributed by atoms with Crippen molar-refractivity contribution in [3.63, 3.8) is 0 Å². The molecule has 0 aliphatic heterocycles. The first kappa shape index (κ1) is 21.6. The molecule has 2 aromatic rings. The minimum absolute atomic E-state index is 0.0557. The molecule has 0 saturated carbocycles. The molecule has 1 aromatic carbocycles. The van der Waals surface area contributed by atoms with Crippen LogP contribution in [-0.4, -0.2) is 19.0 Å². The van der Waals surface area contributed by atoms with Gasteiger partial charge in [-0.05, 0) is 24.1 Å². The van der Waals surface area contributed by atoms with Gasteiger partial charge in [-0.2, -0.15) is 0 Å². The monoisotopic (exact) mass is 451 g/mol. The van der Waals surface area contributed by atoms with Gasteiger partial charge in [-0.25, -0.2) is 4.79 Å². The van der Waals surface area contributed by atoms with Crippen LogP contribution in [0.1, 0.15) is 62.2 Å². The summed E-state index contributed by atoms with van der Waals surface area (Å²) >= 11 is 4.77. The first-order valence-corrected chi connectivity index (χ1v) is 11.0. The predicted molar refractivity (Wildman–Crippen MR) is 115 cm³/mol. The average molecular weight is 452 g/mol. The molecule has 146 valence electrons. The molecule has 0 fully saturated rings. The summed E-state index contributed by atoms with van der Waals surface area (Å²) in [4.78, 5) is 24.6.